The summed E-state index contributed by atoms with van der Waals surface area (Å²) in [5.74, 6) is 0.507. The molecular weight excluding hydrogens is 317 g/mol. The van der Waals surface area contributed by atoms with Crippen LogP contribution in [0.2, 0.25) is 0 Å². The maximum absolute atomic E-state index is 12.6. The second kappa shape index (κ2) is 7.55. The average Bonchev–Trinajstić information content (AvgIpc) is 2.52. The first-order valence-corrected chi connectivity index (χ1v) is 8.36. The molecule has 0 radical (unpaired) electrons. The molecule has 1 amide bonds. The first-order chi connectivity index (χ1) is 11.2. The van der Waals surface area contributed by atoms with Crippen LogP contribution in [0.15, 0.2) is 24.3 Å². The highest BCUT2D eigenvalue weighted by atomic mass is 19.4. The lowest BCUT2D eigenvalue weighted by Crippen LogP contribution is -2.50. The van der Waals surface area contributed by atoms with Gasteiger partial charge >= 0.3 is 6.18 Å². The third-order valence-corrected chi connectivity index (χ3v) is 4.56. The van der Waals surface area contributed by atoms with Gasteiger partial charge in [-0.25, -0.2) is 0 Å². The predicted octanol–water partition coefficient (Wildman–Crippen LogP) is 3.69. The van der Waals surface area contributed by atoms with Crippen molar-refractivity contribution in [2.75, 3.05) is 13.1 Å². The highest BCUT2D eigenvalue weighted by Gasteiger charge is 2.31. The molecule has 2 rings (SSSR count). The molecule has 0 aromatic heterocycles. The van der Waals surface area contributed by atoms with E-state index in [4.69, 9.17) is 0 Å². The van der Waals surface area contributed by atoms with E-state index in [1.807, 2.05) is 18.7 Å². The molecule has 0 aliphatic carbocycles. The third kappa shape index (κ3) is 4.72. The molecule has 0 spiro atoms. The monoisotopic (exact) mass is 342 g/mol. The Morgan fingerprint density at radius 3 is 2.42 bits per heavy atom. The molecule has 0 unspecified atom stereocenters. The number of amides is 1. The fourth-order valence-corrected chi connectivity index (χ4v) is 3.07. The Bertz CT molecular complexity index is 554. The molecule has 1 aromatic carbocycles. The number of hydrogen-bond donors (Lipinski definition) is 1. The van der Waals surface area contributed by atoms with E-state index in [1.54, 1.807) is 0 Å². The van der Waals surface area contributed by atoms with E-state index in [0.717, 1.165) is 37.2 Å². The molecule has 0 bridgehead atoms. The highest BCUT2D eigenvalue weighted by molar-refractivity contribution is 5.78. The van der Waals surface area contributed by atoms with Crippen LogP contribution in [0.1, 0.15) is 38.3 Å². The molecule has 1 heterocycles. The number of nitrogens with one attached hydrogen (secondary N) is 1. The molecule has 24 heavy (non-hydrogen) atoms. The van der Waals surface area contributed by atoms with Crippen LogP contribution >= 0.6 is 0 Å². The Balaban J connectivity index is 1.86. The van der Waals surface area contributed by atoms with Crippen LogP contribution in [0.3, 0.4) is 0 Å². The van der Waals surface area contributed by atoms with Gasteiger partial charge in [-0.05, 0) is 30.0 Å². The van der Waals surface area contributed by atoms with E-state index in [0.29, 0.717) is 12.5 Å². The zero-order chi connectivity index (χ0) is 17.9. The molecular formula is C18H25F3N2O. The van der Waals surface area contributed by atoms with Gasteiger partial charge in [-0.3, -0.25) is 4.79 Å². The van der Waals surface area contributed by atoms with Crippen LogP contribution in [0.4, 0.5) is 13.2 Å². The number of piperidine rings is 1. The van der Waals surface area contributed by atoms with Crippen LogP contribution in [-0.2, 0) is 17.5 Å². The number of benzene rings is 1. The quantitative estimate of drug-likeness (QED) is 0.905. The van der Waals surface area contributed by atoms with Gasteiger partial charge in [0.15, 0.2) is 0 Å². The van der Waals surface area contributed by atoms with Gasteiger partial charge < -0.3 is 10.2 Å². The Labute approximate surface area is 141 Å². The highest BCUT2D eigenvalue weighted by Crippen LogP contribution is 2.29. The Morgan fingerprint density at radius 1 is 1.29 bits per heavy atom. The lowest BCUT2D eigenvalue weighted by Gasteiger charge is -2.38. The van der Waals surface area contributed by atoms with E-state index in [-0.39, 0.29) is 17.9 Å². The summed E-state index contributed by atoms with van der Waals surface area (Å²) >= 11 is 0. The third-order valence-electron chi connectivity index (χ3n) is 4.56. The molecule has 0 saturated carbocycles. The second-order valence-corrected chi connectivity index (χ2v) is 6.89. The van der Waals surface area contributed by atoms with Crippen molar-refractivity contribution in [3.05, 3.63) is 35.4 Å². The molecule has 6 heteroatoms. The molecule has 1 N–H and O–H groups in total. The Hall–Kier alpha value is -1.56. The minimum Gasteiger partial charge on any atom is -0.342 e. The SMILES string of the molecule is CC(C)C(=O)N1CC[C@@H](NCc2ccc(C(F)(F)F)cc2)[C@H](C)C1. The molecule has 1 saturated heterocycles. The van der Waals surface area contributed by atoms with Gasteiger partial charge in [0.05, 0.1) is 5.56 Å². The van der Waals surface area contributed by atoms with Crippen molar-refractivity contribution in [2.45, 2.75) is 46.0 Å². The van der Waals surface area contributed by atoms with Crippen LogP contribution in [0, 0.1) is 11.8 Å². The van der Waals surface area contributed by atoms with Crippen molar-refractivity contribution < 1.29 is 18.0 Å². The van der Waals surface area contributed by atoms with E-state index in [2.05, 4.69) is 12.2 Å². The molecule has 1 aliphatic rings. The van der Waals surface area contributed by atoms with Gasteiger partial charge in [0, 0.05) is 31.6 Å². The molecule has 1 fully saturated rings. The number of alkyl halides is 3. The number of carbonyl (C=O) groups excluding carboxylic acids is 1. The molecule has 1 aliphatic heterocycles. The van der Waals surface area contributed by atoms with Gasteiger partial charge in [0.25, 0.3) is 0 Å². The average molecular weight is 342 g/mol. The number of likely N-dealkylation sites (tertiary alicyclic amines) is 1. The van der Waals surface area contributed by atoms with E-state index in [9.17, 15) is 18.0 Å². The summed E-state index contributed by atoms with van der Waals surface area (Å²) < 4.78 is 37.7. The van der Waals surface area contributed by atoms with Crippen LogP contribution in [0.5, 0.6) is 0 Å². The number of nitrogens with zero attached hydrogens (tertiary/aromatic N) is 1. The van der Waals surface area contributed by atoms with E-state index >= 15 is 0 Å². The topological polar surface area (TPSA) is 32.3 Å². The molecule has 134 valence electrons. The van der Waals surface area contributed by atoms with Gasteiger partial charge in [-0.2, -0.15) is 13.2 Å². The Morgan fingerprint density at radius 2 is 1.92 bits per heavy atom. The molecule has 2 atom stereocenters. The normalized spacial score (nSPS) is 22.0. The van der Waals surface area contributed by atoms with Crippen molar-refractivity contribution >= 4 is 5.91 Å². The summed E-state index contributed by atoms with van der Waals surface area (Å²) in [6.07, 6.45) is -3.43. The van der Waals surface area contributed by atoms with Crippen LogP contribution in [-0.4, -0.2) is 29.9 Å². The lowest BCUT2D eigenvalue weighted by molar-refractivity contribution is -0.138. The summed E-state index contributed by atoms with van der Waals surface area (Å²) in [6, 6.07) is 5.52. The van der Waals surface area contributed by atoms with Crippen molar-refractivity contribution in [1.82, 2.24) is 10.2 Å². The number of halogens is 3. The fraction of sp³-hybridized carbons (Fsp3) is 0.611. The summed E-state index contributed by atoms with van der Waals surface area (Å²) in [5, 5.41) is 3.42. The molecule has 3 nitrogen and oxygen atoms in total. The minimum absolute atomic E-state index is 0.00820. The van der Waals surface area contributed by atoms with Crippen molar-refractivity contribution in [1.29, 1.82) is 0 Å². The summed E-state index contributed by atoms with van der Waals surface area (Å²) in [5.41, 5.74) is 0.205. The zero-order valence-electron chi connectivity index (χ0n) is 14.4. The van der Waals surface area contributed by atoms with Gasteiger partial charge in [-0.1, -0.05) is 32.9 Å². The maximum Gasteiger partial charge on any atom is 0.416 e. The van der Waals surface area contributed by atoms with E-state index < -0.39 is 11.7 Å². The van der Waals surface area contributed by atoms with E-state index in [1.165, 1.54) is 12.1 Å². The summed E-state index contributed by atoms with van der Waals surface area (Å²) in [7, 11) is 0. The van der Waals surface area contributed by atoms with Crippen LogP contribution in [0.25, 0.3) is 0 Å². The van der Waals surface area contributed by atoms with Gasteiger partial charge in [-0.15, -0.1) is 0 Å². The standard InChI is InChI=1S/C18H25F3N2O/c1-12(2)17(24)23-9-8-16(13(3)11-23)22-10-14-4-6-15(7-5-14)18(19,20)21/h4-7,12-13,16,22H,8-11H2,1-3H3/t13-,16-/m1/s1. The first-order valence-electron chi connectivity index (χ1n) is 8.36. The first kappa shape index (κ1) is 18.8. The second-order valence-electron chi connectivity index (χ2n) is 6.89. The van der Waals surface area contributed by atoms with Gasteiger partial charge in [0.1, 0.15) is 0 Å². The summed E-state index contributed by atoms with van der Waals surface area (Å²) in [4.78, 5) is 14.0. The van der Waals surface area contributed by atoms with Crippen molar-refractivity contribution in [2.24, 2.45) is 11.8 Å². The maximum atomic E-state index is 12.6. The zero-order valence-corrected chi connectivity index (χ0v) is 14.4. The number of rotatable bonds is 4. The lowest BCUT2D eigenvalue weighted by atomic mass is 9.92. The largest absolute Gasteiger partial charge is 0.416 e. The fourth-order valence-electron chi connectivity index (χ4n) is 3.07. The number of carbonyl (C=O) groups is 1. The smallest absolute Gasteiger partial charge is 0.342 e. The number of hydrogen-bond acceptors (Lipinski definition) is 2. The van der Waals surface area contributed by atoms with Gasteiger partial charge in [0.2, 0.25) is 5.91 Å². The van der Waals surface area contributed by atoms with Crippen molar-refractivity contribution in [3.63, 3.8) is 0 Å². The van der Waals surface area contributed by atoms with Crippen LogP contribution < -0.4 is 5.32 Å². The predicted molar refractivity (Wildman–Crippen MR) is 87.3 cm³/mol. The minimum atomic E-state index is -4.30. The molecule has 1 aromatic rings. The van der Waals surface area contributed by atoms with Crippen molar-refractivity contribution in [3.8, 4) is 0 Å². The Kier molecular flexibility index (Phi) is 5.91. The summed E-state index contributed by atoms with van der Waals surface area (Å²) in [6.45, 7) is 7.90.